The van der Waals surface area contributed by atoms with E-state index in [9.17, 15) is 9.59 Å². The third-order valence-corrected chi connectivity index (χ3v) is 5.47. The zero-order chi connectivity index (χ0) is 21.7. The van der Waals surface area contributed by atoms with Gasteiger partial charge < -0.3 is 15.0 Å². The van der Waals surface area contributed by atoms with Crippen molar-refractivity contribution in [3.63, 3.8) is 0 Å². The number of carbonyl (C=O) groups excluding carboxylic acids is 1. The minimum Gasteiger partial charge on any atom is -0.487 e. The van der Waals surface area contributed by atoms with Crippen LogP contribution in [0.5, 0.6) is 5.75 Å². The molecule has 30 heavy (non-hydrogen) atoms. The molecule has 1 unspecified atom stereocenters. The highest BCUT2D eigenvalue weighted by molar-refractivity contribution is 8.00. The molecule has 0 aliphatic carbocycles. The van der Waals surface area contributed by atoms with Gasteiger partial charge >= 0.3 is 0 Å². The van der Waals surface area contributed by atoms with Crippen molar-refractivity contribution < 1.29 is 9.53 Å². The van der Waals surface area contributed by atoms with Gasteiger partial charge in [-0.2, -0.15) is 0 Å². The van der Waals surface area contributed by atoms with Gasteiger partial charge in [0, 0.05) is 11.8 Å². The lowest BCUT2D eigenvalue weighted by Crippen LogP contribution is -2.24. The van der Waals surface area contributed by atoms with Crippen LogP contribution in [-0.2, 0) is 11.4 Å². The number of anilines is 1. The summed E-state index contributed by atoms with van der Waals surface area (Å²) in [5.41, 5.74) is 4.24. The summed E-state index contributed by atoms with van der Waals surface area (Å²) in [6.45, 7) is 7.93. The normalized spacial score (nSPS) is 11.7. The third kappa shape index (κ3) is 5.73. The predicted molar refractivity (Wildman–Crippen MR) is 120 cm³/mol. The minimum absolute atomic E-state index is 0.149. The number of carbonyl (C=O) groups is 1. The first-order valence-corrected chi connectivity index (χ1v) is 10.5. The molecule has 1 amide bonds. The van der Waals surface area contributed by atoms with Crippen molar-refractivity contribution in [2.75, 3.05) is 5.32 Å². The van der Waals surface area contributed by atoms with Crippen LogP contribution in [0.15, 0.2) is 58.5 Å². The summed E-state index contributed by atoms with van der Waals surface area (Å²) < 4.78 is 5.67. The second-order valence-electron chi connectivity index (χ2n) is 7.17. The van der Waals surface area contributed by atoms with E-state index in [0.717, 1.165) is 22.4 Å². The van der Waals surface area contributed by atoms with Crippen LogP contribution in [0.1, 0.15) is 29.3 Å². The van der Waals surface area contributed by atoms with Crippen LogP contribution in [0.4, 0.5) is 5.69 Å². The van der Waals surface area contributed by atoms with Crippen molar-refractivity contribution in [2.45, 2.75) is 44.7 Å². The molecule has 0 radical (unpaired) electrons. The molecule has 7 heteroatoms. The Bertz CT molecular complexity index is 1070. The molecule has 0 saturated carbocycles. The number of aromatic amines is 1. The van der Waals surface area contributed by atoms with E-state index in [-0.39, 0.29) is 18.1 Å². The highest BCUT2D eigenvalue weighted by atomic mass is 32.2. The van der Waals surface area contributed by atoms with Crippen LogP contribution in [0, 0.1) is 20.8 Å². The predicted octanol–water partition coefficient (Wildman–Crippen LogP) is 4.39. The summed E-state index contributed by atoms with van der Waals surface area (Å²) in [7, 11) is 0. The fraction of sp³-hybridized carbons (Fsp3) is 0.261. The Morgan fingerprint density at radius 3 is 2.47 bits per heavy atom. The second-order valence-corrected chi connectivity index (χ2v) is 8.50. The van der Waals surface area contributed by atoms with E-state index in [2.05, 4.69) is 15.3 Å². The number of para-hydroxylation sites is 1. The number of hydrogen-bond acceptors (Lipinski definition) is 5. The maximum Gasteiger partial charge on any atom is 0.251 e. The minimum atomic E-state index is -0.446. The van der Waals surface area contributed by atoms with Crippen molar-refractivity contribution in [1.29, 1.82) is 0 Å². The van der Waals surface area contributed by atoms with Gasteiger partial charge in [-0.05, 0) is 51.0 Å². The van der Waals surface area contributed by atoms with Crippen molar-refractivity contribution in [2.24, 2.45) is 0 Å². The molecule has 3 rings (SSSR count). The van der Waals surface area contributed by atoms with E-state index in [1.807, 2.05) is 63.2 Å². The van der Waals surface area contributed by atoms with Gasteiger partial charge in [0.2, 0.25) is 5.91 Å². The zero-order valence-corrected chi connectivity index (χ0v) is 18.3. The molecule has 0 aliphatic rings. The molecule has 3 aromatic rings. The molecular formula is C23H25N3O3S. The molecule has 0 fully saturated rings. The van der Waals surface area contributed by atoms with E-state index in [0.29, 0.717) is 16.6 Å². The largest absolute Gasteiger partial charge is 0.487 e. The molecule has 156 valence electrons. The summed E-state index contributed by atoms with van der Waals surface area (Å²) in [5.74, 6) is 0.550. The van der Waals surface area contributed by atoms with Crippen molar-refractivity contribution >= 4 is 23.4 Å². The van der Waals surface area contributed by atoms with Gasteiger partial charge in [0.05, 0.1) is 10.9 Å². The van der Waals surface area contributed by atoms with Gasteiger partial charge in [0.15, 0.2) is 5.16 Å². The number of thioether (sulfide) groups is 1. The summed E-state index contributed by atoms with van der Waals surface area (Å²) in [4.78, 5) is 31.8. The third-order valence-electron chi connectivity index (χ3n) is 4.49. The number of amides is 1. The topological polar surface area (TPSA) is 84.1 Å². The summed E-state index contributed by atoms with van der Waals surface area (Å²) >= 11 is 1.20. The van der Waals surface area contributed by atoms with Gasteiger partial charge in [-0.25, -0.2) is 4.98 Å². The molecule has 0 aliphatic heterocycles. The monoisotopic (exact) mass is 423 g/mol. The zero-order valence-electron chi connectivity index (χ0n) is 17.5. The van der Waals surface area contributed by atoms with Gasteiger partial charge in [0.25, 0.3) is 5.56 Å². The lowest BCUT2D eigenvalue weighted by Gasteiger charge is -2.16. The molecule has 1 atom stereocenters. The average Bonchev–Trinajstić information content (AvgIpc) is 2.69. The fourth-order valence-corrected chi connectivity index (χ4v) is 3.94. The lowest BCUT2D eigenvalue weighted by atomic mass is 10.1. The summed E-state index contributed by atoms with van der Waals surface area (Å²) in [5, 5.41) is 2.94. The molecular weight excluding hydrogens is 398 g/mol. The number of benzene rings is 2. The van der Waals surface area contributed by atoms with E-state index >= 15 is 0 Å². The molecule has 2 N–H and O–H groups in total. The quantitative estimate of drug-likeness (QED) is 0.435. The second kappa shape index (κ2) is 9.63. The maximum atomic E-state index is 12.7. The number of hydrogen-bond donors (Lipinski definition) is 2. The number of aromatic nitrogens is 2. The van der Waals surface area contributed by atoms with Gasteiger partial charge in [-0.15, -0.1) is 0 Å². The molecule has 1 heterocycles. The van der Waals surface area contributed by atoms with Crippen molar-refractivity contribution in [3.05, 3.63) is 81.3 Å². The van der Waals surface area contributed by atoms with Gasteiger partial charge in [0.1, 0.15) is 12.4 Å². The average molecular weight is 424 g/mol. The number of nitrogens with zero attached hydrogens (tertiary/aromatic N) is 1. The summed E-state index contributed by atoms with van der Waals surface area (Å²) in [6.07, 6.45) is 0. The highest BCUT2D eigenvalue weighted by Gasteiger charge is 2.18. The first kappa shape index (κ1) is 21.6. The Labute approximate surface area is 180 Å². The summed E-state index contributed by atoms with van der Waals surface area (Å²) in [6, 6.07) is 14.8. The Morgan fingerprint density at radius 2 is 1.80 bits per heavy atom. The Balaban J connectivity index is 1.67. The van der Waals surface area contributed by atoms with Crippen molar-refractivity contribution in [3.8, 4) is 5.75 Å². The van der Waals surface area contributed by atoms with E-state index in [1.165, 1.54) is 17.8 Å². The van der Waals surface area contributed by atoms with Crippen LogP contribution in [0.25, 0.3) is 0 Å². The van der Waals surface area contributed by atoms with Crippen LogP contribution in [-0.4, -0.2) is 21.1 Å². The fourth-order valence-electron chi connectivity index (χ4n) is 3.11. The lowest BCUT2D eigenvalue weighted by molar-refractivity contribution is -0.115. The van der Waals surface area contributed by atoms with E-state index in [4.69, 9.17) is 4.74 Å². The SMILES string of the molecule is Cc1cc(C)c(NC(=O)C(C)Sc2nc(COc3ccccc3)cc(=O)[nH]2)c(C)c1. The van der Waals surface area contributed by atoms with Crippen LogP contribution in [0.2, 0.25) is 0 Å². The van der Waals surface area contributed by atoms with Gasteiger partial charge in [-0.3, -0.25) is 9.59 Å². The Hall–Kier alpha value is -3.06. The van der Waals surface area contributed by atoms with Gasteiger partial charge in [-0.1, -0.05) is 47.7 Å². The molecule has 0 saturated heterocycles. The number of H-pyrrole nitrogens is 1. The first-order valence-electron chi connectivity index (χ1n) is 9.65. The molecule has 2 aromatic carbocycles. The number of ether oxygens (including phenoxy) is 1. The maximum absolute atomic E-state index is 12.7. The number of nitrogens with one attached hydrogen (secondary N) is 2. The van der Waals surface area contributed by atoms with E-state index < -0.39 is 5.25 Å². The molecule has 0 bridgehead atoms. The number of aryl methyl sites for hydroxylation is 3. The highest BCUT2D eigenvalue weighted by Crippen LogP contribution is 2.25. The molecule has 0 spiro atoms. The smallest absolute Gasteiger partial charge is 0.251 e. The first-order chi connectivity index (χ1) is 14.3. The van der Waals surface area contributed by atoms with Crippen LogP contribution < -0.4 is 15.6 Å². The van der Waals surface area contributed by atoms with Crippen LogP contribution >= 0.6 is 11.8 Å². The van der Waals surface area contributed by atoms with E-state index in [1.54, 1.807) is 6.92 Å². The van der Waals surface area contributed by atoms with Crippen LogP contribution in [0.3, 0.4) is 0 Å². The Kier molecular flexibility index (Phi) is 6.95. The number of rotatable bonds is 7. The van der Waals surface area contributed by atoms with Crippen molar-refractivity contribution in [1.82, 2.24) is 9.97 Å². The molecule has 1 aromatic heterocycles. The molecule has 6 nitrogen and oxygen atoms in total. The standard InChI is InChI=1S/C23H25N3O3S/c1-14-10-15(2)21(16(3)11-14)26-22(28)17(4)30-23-24-18(12-20(27)25-23)13-29-19-8-6-5-7-9-19/h5-12,17H,13H2,1-4H3,(H,26,28)(H,24,25,27). The Morgan fingerprint density at radius 1 is 1.13 bits per heavy atom.